The average Bonchev–Trinajstić information content (AvgIpc) is 3.01. The number of hydrogen-bond donors (Lipinski definition) is 0. The molecule has 2 unspecified atom stereocenters. The molecule has 1 saturated carbocycles. The molecule has 1 aliphatic carbocycles. The highest BCUT2D eigenvalue weighted by Crippen LogP contribution is 2.39. The Balaban J connectivity index is 2.08. The molecule has 0 spiro atoms. The van der Waals surface area contributed by atoms with Crippen molar-refractivity contribution in [3.63, 3.8) is 0 Å². The fourth-order valence-electron chi connectivity index (χ4n) is 2.98. The number of nitrogens with zero attached hydrogens (tertiary/aromatic N) is 2. The summed E-state index contributed by atoms with van der Waals surface area (Å²) < 4.78 is 3.46. The molecule has 1 aromatic carbocycles. The van der Waals surface area contributed by atoms with E-state index in [4.69, 9.17) is 11.6 Å². The molecule has 0 aliphatic heterocycles. The van der Waals surface area contributed by atoms with Crippen LogP contribution in [-0.2, 0) is 5.88 Å². The van der Waals surface area contributed by atoms with E-state index in [0.717, 1.165) is 21.1 Å². The van der Waals surface area contributed by atoms with Crippen LogP contribution in [-0.4, -0.2) is 21.1 Å². The molecule has 2 nitrogen and oxygen atoms in total. The van der Waals surface area contributed by atoms with E-state index in [-0.39, 0.29) is 0 Å². The van der Waals surface area contributed by atoms with Crippen LogP contribution in [0.4, 0.5) is 0 Å². The standard InChI is InChI=1S/C14H16BrClN2S/c1-19-11-4-3-10(7-11)18-13-6-9(15)2-5-12(13)17-14(18)8-16/h2,5-6,10-11H,3-4,7-8H2,1H3. The molecule has 1 fully saturated rings. The number of alkyl halides is 1. The van der Waals surface area contributed by atoms with Gasteiger partial charge in [0.1, 0.15) is 5.82 Å². The second-order valence-corrected chi connectivity index (χ2v) is 7.31. The summed E-state index contributed by atoms with van der Waals surface area (Å²) in [5, 5.41) is 0.776. The lowest BCUT2D eigenvalue weighted by atomic mass is 10.2. The number of hydrogen-bond acceptors (Lipinski definition) is 2. The highest BCUT2D eigenvalue weighted by atomic mass is 79.9. The predicted octanol–water partition coefficient (Wildman–Crippen LogP) is 4.99. The van der Waals surface area contributed by atoms with Crippen LogP contribution < -0.4 is 0 Å². The van der Waals surface area contributed by atoms with Gasteiger partial charge in [0.2, 0.25) is 0 Å². The van der Waals surface area contributed by atoms with Gasteiger partial charge in [0, 0.05) is 15.8 Å². The Morgan fingerprint density at radius 3 is 3.00 bits per heavy atom. The number of fused-ring (bicyclic) bond motifs is 1. The maximum Gasteiger partial charge on any atom is 0.125 e. The monoisotopic (exact) mass is 358 g/mol. The van der Waals surface area contributed by atoms with Crippen molar-refractivity contribution in [2.45, 2.75) is 36.4 Å². The van der Waals surface area contributed by atoms with Crippen LogP contribution in [0.5, 0.6) is 0 Å². The van der Waals surface area contributed by atoms with Crippen LogP contribution in [0.15, 0.2) is 22.7 Å². The number of rotatable bonds is 3. The largest absolute Gasteiger partial charge is 0.324 e. The maximum atomic E-state index is 6.09. The summed E-state index contributed by atoms with van der Waals surface area (Å²) in [6.45, 7) is 0. The first-order chi connectivity index (χ1) is 9.22. The van der Waals surface area contributed by atoms with Gasteiger partial charge in [-0.3, -0.25) is 0 Å². The summed E-state index contributed by atoms with van der Waals surface area (Å²) in [7, 11) is 0. The minimum atomic E-state index is 0.479. The molecule has 2 atom stereocenters. The van der Waals surface area contributed by atoms with E-state index < -0.39 is 0 Å². The van der Waals surface area contributed by atoms with Gasteiger partial charge in [-0.05, 0) is 43.7 Å². The van der Waals surface area contributed by atoms with E-state index in [0.29, 0.717) is 11.9 Å². The van der Waals surface area contributed by atoms with Gasteiger partial charge in [0.05, 0.1) is 16.9 Å². The maximum absolute atomic E-state index is 6.09. The third-order valence-corrected chi connectivity index (χ3v) is 5.73. The molecule has 0 amide bonds. The fourth-order valence-corrected chi connectivity index (χ4v) is 4.31. The van der Waals surface area contributed by atoms with Gasteiger partial charge in [-0.1, -0.05) is 15.9 Å². The van der Waals surface area contributed by atoms with Crippen molar-refractivity contribution < 1.29 is 0 Å². The molecule has 1 heterocycles. The number of halogens is 2. The summed E-state index contributed by atoms with van der Waals surface area (Å²) in [4.78, 5) is 4.67. The molecule has 102 valence electrons. The van der Waals surface area contributed by atoms with E-state index >= 15 is 0 Å². The summed E-state index contributed by atoms with van der Waals surface area (Å²) in [6.07, 6.45) is 5.95. The molecular formula is C14H16BrClN2S. The minimum absolute atomic E-state index is 0.479. The van der Waals surface area contributed by atoms with Crippen molar-refractivity contribution in [3.05, 3.63) is 28.5 Å². The van der Waals surface area contributed by atoms with Crippen molar-refractivity contribution >= 4 is 50.3 Å². The molecule has 0 bridgehead atoms. The highest BCUT2D eigenvalue weighted by molar-refractivity contribution is 9.10. The smallest absolute Gasteiger partial charge is 0.125 e. The van der Waals surface area contributed by atoms with E-state index in [1.165, 1.54) is 24.8 Å². The van der Waals surface area contributed by atoms with Crippen molar-refractivity contribution in [3.8, 4) is 0 Å². The lowest BCUT2D eigenvalue weighted by Crippen LogP contribution is -2.09. The SMILES string of the molecule is CSC1CCC(n2c(CCl)nc3ccc(Br)cc32)C1. The van der Waals surface area contributed by atoms with Gasteiger partial charge < -0.3 is 4.57 Å². The summed E-state index contributed by atoms with van der Waals surface area (Å²) in [6, 6.07) is 6.81. The van der Waals surface area contributed by atoms with Crippen LogP contribution in [0.25, 0.3) is 11.0 Å². The molecule has 0 radical (unpaired) electrons. The zero-order valence-electron chi connectivity index (χ0n) is 10.8. The molecule has 1 aromatic heterocycles. The van der Waals surface area contributed by atoms with Crippen LogP contribution in [0.1, 0.15) is 31.1 Å². The summed E-state index contributed by atoms with van der Waals surface area (Å²) in [5.74, 6) is 1.48. The Kier molecular flexibility index (Phi) is 4.11. The molecule has 19 heavy (non-hydrogen) atoms. The third kappa shape index (κ3) is 2.55. The Hall–Kier alpha value is -0.190. The van der Waals surface area contributed by atoms with E-state index in [9.17, 15) is 0 Å². The average molecular weight is 360 g/mol. The van der Waals surface area contributed by atoms with Crippen LogP contribution in [0, 0.1) is 0 Å². The number of thioether (sulfide) groups is 1. The Morgan fingerprint density at radius 2 is 2.32 bits per heavy atom. The van der Waals surface area contributed by atoms with Crippen LogP contribution >= 0.6 is 39.3 Å². The fraction of sp³-hybridized carbons (Fsp3) is 0.500. The van der Waals surface area contributed by atoms with Crippen molar-refractivity contribution in [1.82, 2.24) is 9.55 Å². The number of benzene rings is 1. The zero-order chi connectivity index (χ0) is 13.4. The molecule has 0 N–H and O–H groups in total. The van der Waals surface area contributed by atoms with E-state index in [2.05, 4.69) is 43.9 Å². The Labute approximate surface area is 131 Å². The number of aromatic nitrogens is 2. The second kappa shape index (κ2) is 5.66. The van der Waals surface area contributed by atoms with Gasteiger partial charge in [-0.15, -0.1) is 11.6 Å². The number of imidazole rings is 1. The third-order valence-electron chi connectivity index (χ3n) is 3.90. The summed E-state index contributed by atoms with van der Waals surface area (Å²) >= 11 is 11.6. The first-order valence-corrected chi connectivity index (χ1v) is 9.09. The van der Waals surface area contributed by atoms with Crippen LogP contribution in [0.3, 0.4) is 0 Å². The van der Waals surface area contributed by atoms with Crippen molar-refractivity contribution in [1.29, 1.82) is 0 Å². The zero-order valence-corrected chi connectivity index (χ0v) is 13.9. The highest BCUT2D eigenvalue weighted by Gasteiger charge is 2.28. The van der Waals surface area contributed by atoms with E-state index in [1.54, 1.807) is 0 Å². The quantitative estimate of drug-likeness (QED) is 0.718. The Bertz CT molecular complexity index is 598. The molecule has 1 aliphatic rings. The first-order valence-electron chi connectivity index (χ1n) is 6.48. The van der Waals surface area contributed by atoms with Crippen LogP contribution in [0.2, 0.25) is 0 Å². The summed E-state index contributed by atoms with van der Waals surface area (Å²) in [5.41, 5.74) is 2.25. The molecule has 5 heteroatoms. The van der Waals surface area contributed by atoms with E-state index in [1.807, 2.05) is 17.8 Å². The molecule has 0 saturated heterocycles. The predicted molar refractivity (Wildman–Crippen MR) is 87.2 cm³/mol. The normalized spacial score (nSPS) is 23.3. The molecule has 2 aromatic rings. The Morgan fingerprint density at radius 1 is 1.47 bits per heavy atom. The topological polar surface area (TPSA) is 17.8 Å². The lowest BCUT2D eigenvalue weighted by molar-refractivity contribution is 0.519. The van der Waals surface area contributed by atoms with Crippen molar-refractivity contribution in [2.75, 3.05) is 6.26 Å². The van der Waals surface area contributed by atoms with Gasteiger partial charge in [0.25, 0.3) is 0 Å². The van der Waals surface area contributed by atoms with Gasteiger partial charge >= 0.3 is 0 Å². The van der Waals surface area contributed by atoms with Crippen molar-refractivity contribution in [2.24, 2.45) is 0 Å². The second-order valence-electron chi connectivity index (χ2n) is 4.99. The minimum Gasteiger partial charge on any atom is -0.324 e. The van der Waals surface area contributed by atoms with Gasteiger partial charge in [0.15, 0.2) is 0 Å². The first kappa shape index (κ1) is 13.8. The lowest BCUT2D eigenvalue weighted by Gasteiger charge is -2.16. The molecular weight excluding hydrogens is 344 g/mol. The molecule has 3 rings (SSSR count). The van der Waals surface area contributed by atoms with Gasteiger partial charge in [-0.2, -0.15) is 11.8 Å². The van der Waals surface area contributed by atoms with Gasteiger partial charge in [-0.25, -0.2) is 4.98 Å².